The molecule has 0 radical (unpaired) electrons. The molecule has 0 heterocycles. The molecule has 0 aromatic heterocycles. The number of hydrogen-bond donors (Lipinski definition) is 1. The quantitative estimate of drug-likeness (QED) is 0.445. The molecular formula is C5H10INO. The Morgan fingerprint density at radius 3 is 2.88 bits per heavy atom. The van der Waals surface area contributed by atoms with E-state index in [2.05, 4.69) is 22.6 Å². The van der Waals surface area contributed by atoms with Crippen molar-refractivity contribution in [2.45, 2.75) is 6.42 Å². The van der Waals surface area contributed by atoms with Gasteiger partial charge in [-0.2, -0.15) is 0 Å². The first-order valence-corrected chi connectivity index (χ1v) is 3.69. The molecule has 0 amide bonds. The van der Waals surface area contributed by atoms with Crippen molar-refractivity contribution in [2.24, 2.45) is 5.73 Å². The van der Waals surface area contributed by atoms with Crippen LogP contribution in [0.3, 0.4) is 0 Å². The maximum Gasteiger partial charge on any atom is 0.0940 e. The number of ether oxygens (including phenoxy) is 1. The Labute approximate surface area is 63.2 Å². The summed E-state index contributed by atoms with van der Waals surface area (Å²) >= 11 is 2.17. The molecule has 3 heteroatoms. The van der Waals surface area contributed by atoms with Gasteiger partial charge in [-0.1, -0.05) is 28.7 Å². The molecule has 0 aromatic carbocycles. The molecule has 0 spiro atoms. The first-order chi connectivity index (χ1) is 3.91. The van der Waals surface area contributed by atoms with Gasteiger partial charge in [0.2, 0.25) is 0 Å². The molecule has 48 valence electrons. The zero-order valence-electron chi connectivity index (χ0n) is 4.64. The normalized spacial score (nSPS) is 10.8. The lowest BCUT2D eigenvalue weighted by atomic mass is 10.5. The van der Waals surface area contributed by atoms with Gasteiger partial charge < -0.3 is 10.5 Å². The van der Waals surface area contributed by atoms with Gasteiger partial charge in [-0.05, 0) is 10.5 Å². The Hall–Kier alpha value is 0.390. The molecule has 2 N–H and O–H groups in total. The zero-order chi connectivity index (χ0) is 6.24. The summed E-state index contributed by atoms with van der Waals surface area (Å²) in [5.41, 5.74) is 5.06. The highest BCUT2D eigenvalue weighted by Crippen LogP contribution is 1.88. The summed E-state index contributed by atoms with van der Waals surface area (Å²) in [4.78, 5) is 0. The van der Waals surface area contributed by atoms with Crippen molar-refractivity contribution in [3.8, 4) is 0 Å². The maximum absolute atomic E-state index is 5.06. The van der Waals surface area contributed by atoms with E-state index in [-0.39, 0.29) is 0 Å². The average molecular weight is 227 g/mol. The van der Waals surface area contributed by atoms with Gasteiger partial charge in [0.25, 0.3) is 0 Å². The highest BCUT2D eigenvalue weighted by Gasteiger charge is 1.77. The Bertz CT molecular complexity index is 65.4. The molecule has 2 nitrogen and oxygen atoms in total. The first-order valence-electron chi connectivity index (χ1n) is 2.45. The van der Waals surface area contributed by atoms with Crippen LogP contribution in [-0.2, 0) is 4.74 Å². The van der Waals surface area contributed by atoms with Gasteiger partial charge in [0.15, 0.2) is 0 Å². The summed E-state index contributed by atoms with van der Waals surface area (Å²) < 4.78 is 6.83. The van der Waals surface area contributed by atoms with Crippen molar-refractivity contribution in [1.29, 1.82) is 0 Å². The van der Waals surface area contributed by atoms with Crippen LogP contribution in [0.5, 0.6) is 0 Å². The summed E-state index contributed by atoms with van der Waals surface area (Å²) in [6.07, 6.45) is 3.00. The van der Waals surface area contributed by atoms with E-state index >= 15 is 0 Å². The molecule has 0 aliphatic rings. The van der Waals surface area contributed by atoms with Gasteiger partial charge in [0.05, 0.1) is 13.3 Å². The predicted molar refractivity (Wildman–Crippen MR) is 42.8 cm³/mol. The van der Waals surface area contributed by atoms with Crippen LogP contribution in [0.15, 0.2) is 10.2 Å². The molecule has 8 heavy (non-hydrogen) atoms. The second-order valence-corrected chi connectivity index (χ2v) is 1.94. The molecule has 0 aliphatic carbocycles. The molecule has 0 atom stereocenters. The van der Waals surface area contributed by atoms with Crippen LogP contribution in [0.1, 0.15) is 6.42 Å². The monoisotopic (exact) mass is 227 g/mol. The second kappa shape index (κ2) is 7.39. The molecular weight excluding hydrogens is 217 g/mol. The molecule has 0 aromatic rings. The number of rotatable bonds is 4. The molecule has 0 saturated heterocycles. The lowest BCUT2D eigenvalue weighted by molar-refractivity contribution is 0.146. The van der Waals surface area contributed by atoms with E-state index in [0.29, 0.717) is 6.73 Å². The standard InChI is InChI=1S/C5H10INO/c6-3-1-2-4-8-5-7/h1,3H,2,4-5,7H2/b3-1-. The second-order valence-electron chi connectivity index (χ2n) is 1.23. The van der Waals surface area contributed by atoms with E-state index in [1.54, 1.807) is 0 Å². The summed E-state index contributed by atoms with van der Waals surface area (Å²) in [5.74, 6) is 0. The largest absolute Gasteiger partial charge is 0.366 e. The molecule has 0 saturated carbocycles. The Morgan fingerprint density at radius 2 is 2.38 bits per heavy atom. The third-order valence-corrected chi connectivity index (χ3v) is 1.14. The van der Waals surface area contributed by atoms with E-state index in [1.165, 1.54) is 0 Å². The van der Waals surface area contributed by atoms with Crippen molar-refractivity contribution >= 4 is 22.6 Å². The number of nitrogens with two attached hydrogens (primary N) is 1. The number of hydrogen-bond acceptors (Lipinski definition) is 2. The highest BCUT2D eigenvalue weighted by atomic mass is 127. The fourth-order valence-corrected chi connectivity index (χ4v) is 0.657. The fraction of sp³-hybridized carbons (Fsp3) is 0.600. The summed E-state index contributed by atoms with van der Waals surface area (Å²) in [7, 11) is 0. The zero-order valence-corrected chi connectivity index (χ0v) is 6.80. The first kappa shape index (κ1) is 8.39. The molecule has 0 bridgehead atoms. The predicted octanol–water partition coefficient (Wildman–Crippen LogP) is 1.26. The Balaban J connectivity index is 2.72. The van der Waals surface area contributed by atoms with E-state index in [4.69, 9.17) is 10.5 Å². The SMILES string of the molecule is NCOCC/C=C\I. The lowest BCUT2D eigenvalue weighted by Gasteiger charge is -1.93. The van der Waals surface area contributed by atoms with Crippen LogP contribution in [0.4, 0.5) is 0 Å². The van der Waals surface area contributed by atoms with Gasteiger partial charge in [-0.3, -0.25) is 0 Å². The topological polar surface area (TPSA) is 35.2 Å². The van der Waals surface area contributed by atoms with Crippen molar-refractivity contribution in [3.63, 3.8) is 0 Å². The minimum Gasteiger partial charge on any atom is -0.366 e. The van der Waals surface area contributed by atoms with E-state index < -0.39 is 0 Å². The van der Waals surface area contributed by atoms with Crippen molar-refractivity contribution in [1.82, 2.24) is 0 Å². The van der Waals surface area contributed by atoms with Crippen LogP contribution < -0.4 is 5.73 Å². The van der Waals surface area contributed by atoms with Crippen LogP contribution in [0.2, 0.25) is 0 Å². The minimum absolute atomic E-state index is 0.328. The fourth-order valence-electron chi connectivity index (χ4n) is 0.298. The Kier molecular flexibility index (Phi) is 7.75. The van der Waals surface area contributed by atoms with Crippen molar-refractivity contribution in [2.75, 3.05) is 13.3 Å². The van der Waals surface area contributed by atoms with Gasteiger partial charge in [0, 0.05) is 0 Å². The third-order valence-electron chi connectivity index (χ3n) is 0.636. The number of halogens is 1. The molecule has 0 aliphatic heterocycles. The van der Waals surface area contributed by atoms with E-state index in [0.717, 1.165) is 13.0 Å². The minimum atomic E-state index is 0.328. The van der Waals surface area contributed by atoms with Crippen molar-refractivity contribution in [3.05, 3.63) is 10.2 Å². The van der Waals surface area contributed by atoms with Crippen molar-refractivity contribution < 1.29 is 4.74 Å². The third kappa shape index (κ3) is 6.39. The molecule has 0 fully saturated rings. The van der Waals surface area contributed by atoms with Crippen LogP contribution >= 0.6 is 22.6 Å². The van der Waals surface area contributed by atoms with Crippen LogP contribution in [-0.4, -0.2) is 13.3 Å². The maximum atomic E-state index is 5.06. The summed E-state index contributed by atoms with van der Waals surface area (Å²) in [6.45, 7) is 1.06. The molecule has 0 rings (SSSR count). The average Bonchev–Trinajstić information content (AvgIpc) is 1.81. The van der Waals surface area contributed by atoms with Gasteiger partial charge >= 0.3 is 0 Å². The lowest BCUT2D eigenvalue weighted by Crippen LogP contribution is -2.04. The van der Waals surface area contributed by atoms with Gasteiger partial charge in [-0.25, -0.2) is 0 Å². The Morgan fingerprint density at radius 1 is 1.62 bits per heavy atom. The highest BCUT2D eigenvalue weighted by molar-refractivity contribution is 14.1. The van der Waals surface area contributed by atoms with Gasteiger partial charge in [-0.15, -0.1) is 0 Å². The van der Waals surface area contributed by atoms with Crippen LogP contribution in [0.25, 0.3) is 0 Å². The smallest absolute Gasteiger partial charge is 0.0940 e. The van der Waals surface area contributed by atoms with E-state index in [9.17, 15) is 0 Å². The van der Waals surface area contributed by atoms with Gasteiger partial charge in [0.1, 0.15) is 0 Å². The summed E-state index contributed by atoms with van der Waals surface area (Å²) in [5, 5.41) is 0. The summed E-state index contributed by atoms with van der Waals surface area (Å²) in [6, 6.07) is 0. The molecule has 0 unspecified atom stereocenters. The van der Waals surface area contributed by atoms with Crippen LogP contribution in [0, 0.1) is 0 Å². The van der Waals surface area contributed by atoms with E-state index in [1.807, 2.05) is 10.2 Å².